The molecule has 0 aromatic rings. The molecular formula is C14H24. The third-order valence-corrected chi connectivity index (χ3v) is 3.30. The van der Waals surface area contributed by atoms with E-state index in [0.29, 0.717) is 5.41 Å². The minimum Gasteiger partial charge on any atom is -0.0805 e. The van der Waals surface area contributed by atoms with E-state index in [0.717, 1.165) is 0 Å². The molecule has 1 aliphatic carbocycles. The molecule has 0 nitrogen and oxygen atoms in total. The van der Waals surface area contributed by atoms with Gasteiger partial charge in [-0.2, -0.15) is 0 Å². The van der Waals surface area contributed by atoms with Crippen molar-refractivity contribution in [2.45, 2.75) is 59.8 Å². The Morgan fingerprint density at radius 2 is 2.00 bits per heavy atom. The van der Waals surface area contributed by atoms with E-state index in [1.54, 1.807) is 11.1 Å². The highest BCUT2D eigenvalue weighted by atomic mass is 14.3. The molecule has 1 rings (SSSR count). The molecular weight excluding hydrogens is 168 g/mol. The molecule has 0 saturated carbocycles. The zero-order valence-electron chi connectivity index (χ0n) is 10.2. The van der Waals surface area contributed by atoms with Gasteiger partial charge in [0.15, 0.2) is 0 Å². The molecule has 0 saturated heterocycles. The number of hydrogen-bond acceptors (Lipinski definition) is 0. The molecule has 80 valence electrons. The first-order valence-electron chi connectivity index (χ1n) is 6.00. The predicted molar refractivity (Wildman–Crippen MR) is 64.4 cm³/mol. The Balaban J connectivity index is 2.77. The van der Waals surface area contributed by atoms with Crippen LogP contribution >= 0.6 is 0 Å². The van der Waals surface area contributed by atoms with Gasteiger partial charge in [0.25, 0.3) is 0 Å². The molecule has 0 spiro atoms. The van der Waals surface area contributed by atoms with Gasteiger partial charge in [-0.3, -0.25) is 0 Å². The highest BCUT2D eigenvalue weighted by Crippen LogP contribution is 2.36. The van der Waals surface area contributed by atoms with Crippen molar-refractivity contribution in [2.75, 3.05) is 0 Å². The second-order valence-corrected chi connectivity index (χ2v) is 4.99. The molecule has 0 bridgehead atoms. The molecule has 0 aliphatic heterocycles. The van der Waals surface area contributed by atoms with Crippen LogP contribution in [0.15, 0.2) is 23.3 Å². The minimum absolute atomic E-state index is 0.385. The summed E-state index contributed by atoms with van der Waals surface area (Å²) in [5.74, 6) is 0. The lowest BCUT2D eigenvalue weighted by Crippen LogP contribution is -2.15. The Hall–Kier alpha value is -0.520. The van der Waals surface area contributed by atoms with E-state index in [9.17, 15) is 0 Å². The zero-order valence-corrected chi connectivity index (χ0v) is 10.2. The summed E-state index contributed by atoms with van der Waals surface area (Å²) in [6, 6.07) is 0. The summed E-state index contributed by atoms with van der Waals surface area (Å²) < 4.78 is 0. The zero-order chi connectivity index (χ0) is 10.6. The third-order valence-electron chi connectivity index (χ3n) is 3.30. The van der Waals surface area contributed by atoms with Gasteiger partial charge in [-0.1, -0.05) is 51.8 Å². The molecule has 0 unspecified atom stereocenters. The summed E-state index contributed by atoms with van der Waals surface area (Å²) >= 11 is 0. The van der Waals surface area contributed by atoms with Crippen LogP contribution in [0.5, 0.6) is 0 Å². The molecule has 0 atom stereocenters. The molecule has 0 aromatic carbocycles. The van der Waals surface area contributed by atoms with Gasteiger partial charge >= 0.3 is 0 Å². The maximum atomic E-state index is 2.44. The smallest absolute Gasteiger partial charge is 0.0107 e. The molecule has 0 radical (unpaired) electrons. The first-order valence-corrected chi connectivity index (χ1v) is 6.00. The standard InChI is InChI=1S/C14H24/c1-5-10-14(3,4)13-9-7-8-12(6-2)11-13/h9,11H,5-8,10H2,1-4H3. The third kappa shape index (κ3) is 2.73. The fourth-order valence-electron chi connectivity index (χ4n) is 2.28. The normalized spacial score (nSPS) is 17.7. The fourth-order valence-corrected chi connectivity index (χ4v) is 2.28. The second-order valence-electron chi connectivity index (χ2n) is 4.99. The van der Waals surface area contributed by atoms with Crippen LogP contribution in [0.2, 0.25) is 0 Å². The van der Waals surface area contributed by atoms with Crippen LogP contribution in [-0.4, -0.2) is 0 Å². The molecule has 0 amide bonds. The fraction of sp³-hybridized carbons (Fsp3) is 0.714. The van der Waals surface area contributed by atoms with Gasteiger partial charge in [0.1, 0.15) is 0 Å². The molecule has 0 heterocycles. The molecule has 1 aliphatic rings. The Bertz CT molecular complexity index is 241. The molecule has 0 N–H and O–H groups in total. The molecule has 0 fully saturated rings. The summed E-state index contributed by atoms with van der Waals surface area (Å²) in [7, 11) is 0. The Morgan fingerprint density at radius 3 is 2.57 bits per heavy atom. The quantitative estimate of drug-likeness (QED) is 0.596. The van der Waals surface area contributed by atoms with Crippen molar-refractivity contribution in [3.63, 3.8) is 0 Å². The van der Waals surface area contributed by atoms with Crippen LogP contribution in [0, 0.1) is 5.41 Å². The Labute approximate surface area is 89.1 Å². The summed E-state index contributed by atoms with van der Waals surface area (Å²) in [4.78, 5) is 0. The van der Waals surface area contributed by atoms with Gasteiger partial charge in [-0.05, 0) is 36.7 Å². The van der Waals surface area contributed by atoms with Crippen molar-refractivity contribution in [3.8, 4) is 0 Å². The average molecular weight is 192 g/mol. The van der Waals surface area contributed by atoms with E-state index < -0.39 is 0 Å². The van der Waals surface area contributed by atoms with E-state index in [-0.39, 0.29) is 0 Å². The highest BCUT2D eigenvalue weighted by molar-refractivity contribution is 5.32. The molecule has 0 heteroatoms. The second kappa shape index (κ2) is 4.82. The van der Waals surface area contributed by atoms with E-state index in [4.69, 9.17) is 0 Å². The SMILES string of the molecule is CCCC(C)(C)C1=CCCC(CC)=C1. The maximum Gasteiger partial charge on any atom is -0.0107 e. The maximum absolute atomic E-state index is 2.44. The predicted octanol–water partition coefficient (Wildman–Crippen LogP) is 4.87. The molecule has 0 aromatic heterocycles. The topological polar surface area (TPSA) is 0 Å². The van der Waals surface area contributed by atoms with Crippen molar-refractivity contribution >= 4 is 0 Å². The van der Waals surface area contributed by atoms with Crippen LogP contribution < -0.4 is 0 Å². The van der Waals surface area contributed by atoms with Gasteiger partial charge in [0.05, 0.1) is 0 Å². The van der Waals surface area contributed by atoms with E-state index in [1.807, 2.05) is 0 Å². The van der Waals surface area contributed by atoms with Gasteiger partial charge in [0, 0.05) is 0 Å². The van der Waals surface area contributed by atoms with Crippen LogP contribution in [0.1, 0.15) is 59.8 Å². The van der Waals surface area contributed by atoms with Gasteiger partial charge in [-0.15, -0.1) is 0 Å². The highest BCUT2D eigenvalue weighted by Gasteiger charge is 2.22. The Kier molecular flexibility index (Phi) is 3.97. The monoisotopic (exact) mass is 192 g/mol. The van der Waals surface area contributed by atoms with Crippen LogP contribution in [0.3, 0.4) is 0 Å². The van der Waals surface area contributed by atoms with Crippen molar-refractivity contribution in [2.24, 2.45) is 5.41 Å². The lowest BCUT2D eigenvalue weighted by Gasteiger charge is -2.28. The lowest BCUT2D eigenvalue weighted by atomic mass is 9.77. The van der Waals surface area contributed by atoms with Gasteiger partial charge in [-0.25, -0.2) is 0 Å². The number of hydrogen-bond donors (Lipinski definition) is 0. The molecule has 14 heavy (non-hydrogen) atoms. The van der Waals surface area contributed by atoms with Crippen molar-refractivity contribution in [1.82, 2.24) is 0 Å². The van der Waals surface area contributed by atoms with Crippen molar-refractivity contribution in [1.29, 1.82) is 0 Å². The summed E-state index contributed by atoms with van der Waals surface area (Å²) in [5.41, 5.74) is 3.59. The minimum atomic E-state index is 0.385. The number of allylic oxidation sites excluding steroid dienone is 4. The van der Waals surface area contributed by atoms with Crippen molar-refractivity contribution in [3.05, 3.63) is 23.3 Å². The van der Waals surface area contributed by atoms with Crippen LogP contribution in [-0.2, 0) is 0 Å². The first kappa shape index (κ1) is 11.6. The first-order chi connectivity index (χ1) is 6.60. The summed E-state index contributed by atoms with van der Waals surface area (Å²) in [6.45, 7) is 9.28. The van der Waals surface area contributed by atoms with Crippen LogP contribution in [0.25, 0.3) is 0 Å². The van der Waals surface area contributed by atoms with E-state index >= 15 is 0 Å². The van der Waals surface area contributed by atoms with Crippen LogP contribution in [0.4, 0.5) is 0 Å². The largest absolute Gasteiger partial charge is 0.0805 e. The Morgan fingerprint density at radius 1 is 1.29 bits per heavy atom. The number of rotatable bonds is 4. The summed E-state index contributed by atoms with van der Waals surface area (Å²) in [6.07, 6.45) is 11.2. The van der Waals surface area contributed by atoms with E-state index in [2.05, 4.69) is 39.8 Å². The van der Waals surface area contributed by atoms with Gasteiger partial charge in [0.2, 0.25) is 0 Å². The van der Waals surface area contributed by atoms with Crippen molar-refractivity contribution < 1.29 is 0 Å². The summed E-state index contributed by atoms with van der Waals surface area (Å²) in [5, 5.41) is 0. The average Bonchev–Trinajstić information content (AvgIpc) is 2.18. The lowest BCUT2D eigenvalue weighted by molar-refractivity contribution is 0.408. The van der Waals surface area contributed by atoms with E-state index in [1.165, 1.54) is 32.1 Å². The van der Waals surface area contributed by atoms with Gasteiger partial charge < -0.3 is 0 Å².